The first-order valence-corrected chi connectivity index (χ1v) is 7.06. The molecular formula is C14H18BrNO2. The number of carbonyl (C=O) groups excluding carboxylic acids is 1. The van der Waals surface area contributed by atoms with Gasteiger partial charge in [0.25, 0.3) is 0 Å². The number of hydrogen-bond acceptors (Lipinski definition) is 3. The average molecular weight is 312 g/mol. The topological polar surface area (TPSA) is 38.3 Å². The molecule has 1 saturated heterocycles. The van der Waals surface area contributed by atoms with Gasteiger partial charge in [-0.3, -0.25) is 4.79 Å². The number of nitrogens with one attached hydrogen (secondary N) is 1. The van der Waals surface area contributed by atoms with Gasteiger partial charge in [-0.1, -0.05) is 15.9 Å². The van der Waals surface area contributed by atoms with Crippen LogP contribution in [0.5, 0.6) is 5.75 Å². The van der Waals surface area contributed by atoms with Gasteiger partial charge in [0.1, 0.15) is 11.5 Å². The molecule has 1 fully saturated rings. The number of methoxy groups -OCH3 is 1. The third kappa shape index (κ3) is 3.33. The molecule has 0 saturated carbocycles. The van der Waals surface area contributed by atoms with Gasteiger partial charge in [-0.05, 0) is 37.6 Å². The van der Waals surface area contributed by atoms with E-state index in [4.69, 9.17) is 4.74 Å². The van der Waals surface area contributed by atoms with E-state index in [9.17, 15) is 4.79 Å². The van der Waals surface area contributed by atoms with Crippen molar-refractivity contribution in [3.05, 3.63) is 28.2 Å². The van der Waals surface area contributed by atoms with Crippen LogP contribution in [0.1, 0.15) is 18.4 Å². The van der Waals surface area contributed by atoms with Crippen LogP contribution in [0.4, 0.5) is 0 Å². The van der Waals surface area contributed by atoms with Crippen molar-refractivity contribution in [2.45, 2.75) is 19.3 Å². The van der Waals surface area contributed by atoms with E-state index in [1.165, 1.54) is 0 Å². The Morgan fingerprint density at radius 2 is 2.39 bits per heavy atom. The molecule has 98 valence electrons. The highest BCUT2D eigenvalue weighted by molar-refractivity contribution is 9.10. The van der Waals surface area contributed by atoms with Gasteiger partial charge in [-0.25, -0.2) is 0 Å². The largest absolute Gasteiger partial charge is 0.496 e. The van der Waals surface area contributed by atoms with Gasteiger partial charge >= 0.3 is 0 Å². The molecule has 0 aromatic heterocycles. The van der Waals surface area contributed by atoms with Gasteiger partial charge in [0.15, 0.2) is 0 Å². The Kier molecular flexibility index (Phi) is 4.78. The van der Waals surface area contributed by atoms with Crippen LogP contribution in [0, 0.1) is 5.92 Å². The molecular weight excluding hydrogens is 294 g/mol. The van der Waals surface area contributed by atoms with E-state index in [0.717, 1.165) is 41.7 Å². The third-order valence-corrected chi connectivity index (χ3v) is 3.85. The quantitative estimate of drug-likeness (QED) is 0.929. The van der Waals surface area contributed by atoms with Crippen molar-refractivity contribution in [2.24, 2.45) is 5.92 Å². The lowest BCUT2D eigenvalue weighted by molar-refractivity contribution is -0.122. The van der Waals surface area contributed by atoms with Crippen molar-refractivity contribution < 1.29 is 9.53 Å². The predicted octanol–water partition coefficient (Wildman–Crippen LogP) is 2.57. The van der Waals surface area contributed by atoms with Gasteiger partial charge in [-0.15, -0.1) is 0 Å². The fraction of sp³-hybridized carbons (Fsp3) is 0.500. The summed E-state index contributed by atoms with van der Waals surface area (Å²) in [7, 11) is 1.64. The van der Waals surface area contributed by atoms with Crippen molar-refractivity contribution in [1.29, 1.82) is 0 Å². The second-order valence-electron chi connectivity index (χ2n) is 4.64. The average Bonchev–Trinajstić information content (AvgIpc) is 2.40. The molecule has 1 aliphatic rings. The number of ether oxygens (including phenoxy) is 1. The molecule has 1 atom stereocenters. The smallest absolute Gasteiger partial charge is 0.141 e. The highest BCUT2D eigenvalue weighted by Gasteiger charge is 2.21. The third-order valence-electron chi connectivity index (χ3n) is 3.36. The fourth-order valence-corrected chi connectivity index (χ4v) is 2.75. The van der Waals surface area contributed by atoms with E-state index in [-0.39, 0.29) is 5.92 Å². The Hall–Kier alpha value is -0.870. The monoisotopic (exact) mass is 311 g/mol. The van der Waals surface area contributed by atoms with Gasteiger partial charge in [-0.2, -0.15) is 0 Å². The first kappa shape index (κ1) is 13.6. The Balaban J connectivity index is 2.07. The minimum atomic E-state index is 0.155. The Bertz CT molecular complexity index is 428. The van der Waals surface area contributed by atoms with Crippen LogP contribution in [-0.2, 0) is 11.2 Å². The van der Waals surface area contributed by atoms with Crippen LogP contribution in [0.15, 0.2) is 22.7 Å². The zero-order valence-electron chi connectivity index (χ0n) is 10.5. The summed E-state index contributed by atoms with van der Waals surface area (Å²) >= 11 is 3.43. The zero-order chi connectivity index (χ0) is 13.0. The first-order valence-electron chi connectivity index (χ1n) is 6.26. The van der Waals surface area contributed by atoms with E-state index < -0.39 is 0 Å². The van der Waals surface area contributed by atoms with Crippen LogP contribution in [0.2, 0.25) is 0 Å². The SMILES string of the molecule is COc1ccc(Br)cc1CC(=O)C1CCCNC1. The second kappa shape index (κ2) is 6.34. The van der Waals surface area contributed by atoms with Crippen LogP contribution in [-0.4, -0.2) is 26.0 Å². The van der Waals surface area contributed by atoms with E-state index in [0.29, 0.717) is 12.2 Å². The number of Topliss-reactive ketones (excluding diaryl/α,β-unsaturated/α-hetero) is 1. The number of ketones is 1. The Morgan fingerprint density at radius 1 is 1.56 bits per heavy atom. The van der Waals surface area contributed by atoms with Crippen molar-refractivity contribution in [1.82, 2.24) is 5.32 Å². The zero-order valence-corrected chi connectivity index (χ0v) is 12.1. The van der Waals surface area contributed by atoms with Crippen molar-refractivity contribution in [2.75, 3.05) is 20.2 Å². The fourth-order valence-electron chi connectivity index (χ4n) is 2.34. The number of hydrogen-bond donors (Lipinski definition) is 1. The standard InChI is InChI=1S/C14H18BrNO2/c1-18-14-5-4-12(15)7-11(14)8-13(17)10-3-2-6-16-9-10/h4-5,7,10,16H,2-3,6,8-9H2,1H3. The molecule has 1 heterocycles. The van der Waals surface area contributed by atoms with Crippen LogP contribution >= 0.6 is 15.9 Å². The number of carbonyl (C=O) groups is 1. The van der Waals surface area contributed by atoms with Gasteiger partial charge < -0.3 is 10.1 Å². The maximum absolute atomic E-state index is 12.2. The molecule has 1 unspecified atom stereocenters. The van der Waals surface area contributed by atoms with Gasteiger partial charge in [0.2, 0.25) is 0 Å². The molecule has 1 N–H and O–H groups in total. The summed E-state index contributed by atoms with van der Waals surface area (Å²) in [6.07, 6.45) is 2.54. The van der Waals surface area contributed by atoms with Crippen LogP contribution in [0.25, 0.3) is 0 Å². The molecule has 2 rings (SSSR count). The molecule has 0 amide bonds. The van der Waals surface area contributed by atoms with Crippen molar-refractivity contribution in [3.63, 3.8) is 0 Å². The first-order chi connectivity index (χ1) is 8.70. The van der Waals surface area contributed by atoms with Gasteiger partial charge in [0.05, 0.1) is 7.11 Å². The molecule has 0 bridgehead atoms. The number of piperidine rings is 1. The van der Waals surface area contributed by atoms with Crippen LogP contribution in [0.3, 0.4) is 0 Å². The normalized spacial score (nSPS) is 19.6. The summed E-state index contributed by atoms with van der Waals surface area (Å²) < 4.78 is 6.28. The minimum absolute atomic E-state index is 0.155. The predicted molar refractivity (Wildman–Crippen MR) is 75.0 cm³/mol. The van der Waals surface area contributed by atoms with E-state index in [2.05, 4.69) is 21.2 Å². The maximum Gasteiger partial charge on any atom is 0.141 e. The second-order valence-corrected chi connectivity index (χ2v) is 5.56. The highest BCUT2D eigenvalue weighted by atomic mass is 79.9. The molecule has 0 radical (unpaired) electrons. The maximum atomic E-state index is 12.2. The lowest BCUT2D eigenvalue weighted by Gasteiger charge is -2.21. The molecule has 1 aliphatic heterocycles. The minimum Gasteiger partial charge on any atom is -0.496 e. The summed E-state index contributed by atoms with van der Waals surface area (Å²) in [5, 5.41) is 3.28. The lowest BCUT2D eigenvalue weighted by Crippen LogP contribution is -2.35. The Morgan fingerprint density at radius 3 is 3.06 bits per heavy atom. The Labute approximate surface area is 116 Å². The highest BCUT2D eigenvalue weighted by Crippen LogP contribution is 2.25. The van der Waals surface area contributed by atoms with Crippen LogP contribution < -0.4 is 10.1 Å². The summed E-state index contributed by atoms with van der Waals surface area (Å²) in [6.45, 7) is 1.85. The lowest BCUT2D eigenvalue weighted by atomic mass is 9.91. The van der Waals surface area contributed by atoms with E-state index in [1.807, 2.05) is 18.2 Å². The number of rotatable bonds is 4. The molecule has 18 heavy (non-hydrogen) atoms. The number of benzene rings is 1. The molecule has 4 heteroatoms. The molecule has 1 aromatic rings. The summed E-state index contributed by atoms with van der Waals surface area (Å²) in [4.78, 5) is 12.2. The summed E-state index contributed by atoms with van der Waals surface area (Å²) in [5.41, 5.74) is 0.961. The summed E-state index contributed by atoms with van der Waals surface area (Å²) in [5.74, 6) is 1.25. The number of halogens is 1. The van der Waals surface area contributed by atoms with E-state index in [1.54, 1.807) is 7.11 Å². The van der Waals surface area contributed by atoms with E-state index >= 15 is 0 Å². The molecule has 1 aromatic carbocycles. The summed E-state index contributed by atoms with van der Waals surface area (Å²) in [6, 6.07) is 5.79. The molecule has 3 nitrogen and oxygen atoms in total. The van der Waals surface area contributed by atoms with Crippen molar-refractivity contribution >= 4 is 21.7 Å². The molecule has 0 spiro atoms. The molecule has 0 aliphatic carbocycles. The van der Waals surface area contributed by atoms with Gasteiger partial charge in [0, 0.05) is 28.9 Å². The van der Waals surface area contributed by atoms with Crippen molar-refractivity contribution in [3.8, 4) is 5.75 Å².